The topological polar surface area (TPSA) is 95.2 Å². The van der Waals surface area contributed by atoms with Crippen molar-refractivity contribution in [3.63, 3.8) is 0 Å². The molecule has 0 bridgehead atoms. The average molecular weight is 287 g/mol. The van der Waals surface area contributed by atoms with Crippen LogP contribution in [0.3, 0.4) is 0 Å². The molecule has 0 aliphatic rings. The van der Waals surface area contributed by atoms with Crippen molar-refractivity contribution >= 4 is 11.5 Å². The lowest BCUT2D eigenvalue weighted by molar-refractivity contribution is -0.385. The van der Waals surface area contributed by atoms with Gasteiger partial charge < -0.3 is 4.74 Å². The molecule has 0 spiro atoms. The van der Waals surface area contributed by atoms with E-state index in [0.29, 0.717) is 11.6 Å². The maximum atomic E-state index is 12.3. The van der Waals surface area contributed by atoms with Crippen LogP contribution in [0.4, 0.5) is 5.69 Å². The molecule has 0 saturated heterocycles. The van der Waals surface area contributed by atoms with Crippen molar-refractivity contribution in [2.24, 2.45) is 0 Å². The van der Waals surface area contributed by atoms with Crippen LogP contribution in [-0.4, -0.2) is 27.8 Å². The van der Waals surface area contributed by atoms with Crippen LogP contribution >= 0.6 is 0 Å². The minimum Gasteiger partial charge on any atom is -0.481 e. The predicted octanol–water partition coefficient (Wildman–Crippen LogP) is 2.13. The number of Topliss-reactive ketones (excluding diaryl/α,β-unsaturated/α-hetero) is 1. The summed E-state index contributed by atoms with van der Waals surface area (Å²) in [5.74, 6) is -0.0299. The molecule has 0 aliphatic heterocycles. The van der Waals surface area contributed by atoms with Crippen LogP contribution < -0.4 is 4.74 Å². The second-order valence-electron chi connectivity index (χ2n) is 4.43. The highest BCUT2D eigenvalue weighted by Gasteiger charge is 2.20. The first kappa shape index (κ1) is 14.6. The fourth-order valence-electron chi connectivity index (χ4n) is 1.88. The predicted molar refractivity (Wildman–Crippen MR) is 74.5 cm³/mol. The maximum absolute atomic E-state index is 12.3. The molecule has 2 aromatic rings. The number of rotatable bonds is 5. The van der Waals surface area contributed by atoms with Crippen LogP contribution in [0.15, 0.2) is 30.6 Å². The molecule has 2 rings (SSSR count). The first-order valence-electron chi connectivity index (χ1n) is 6.14. The number of benzene rings is 1. The number of aryl methyl sites for hydroxylation is 1. The van der Waals surface area contributed by atoms with E-state index in [4.69, 9.17) is 4.74 Å². The van der Waals surface area contributed by atoms with Crippen LogP contribution in [-0.2, 0) is 6.42 Å². The van der Waals surface area contributed by atoms with E-state index in [1.54, 1.807) is 13.0 Å². The molecule has 0 fully saturated rings. The normalized spacial score (nSPS) is 10.2. The highest BCUT2D eigenvalue weighted by atomic mass is 16.6. The molecule has 1 heterocycles. The van der Waals surface area contributed by atoms with Crippen molar-refractivity contribution in [3.05, 3.63) is 57.5 Å². The molecular formula is C14H13N3O4. The van der Waals surface area contributed by atoms with E-state index in [-0.39, 0.29) is 23.5 Å². The third kappa shape index (κ3) is 3.38. The van der Waals surface area contributed by atoms with Gasteiger partial charge in [-0.3, -0.25) is 14.9 Å². The van der Waals surface area contributed by atoms with Crippen molar-refractivity contribution in [2.75, 3.05) is 7.11 Å². The third-order valence-electron chi connectivity index (χ3n) is 2.90. The summed E-state index contributed by atoms with van der Waals surface area (Å²) in [6.45, 7) is 1.77. The number of nitrogens with zero attached hydrogens (tertiary/aromatic N) is 3. The molecule has 0 amide bonds. The maximum Gasteiger partial charge on any atom is 0.280 e. The standard InChI is InChI=1S/C14H13N3O4/c1-9-3-4-12(17(19)20)11(5-9)13(18)6-10-7-14(21-2)16-8-15-10/h3-5,7-8H,6H2,1-2H3. The number of methoxy groups -OCH3 is 1. The monoisotopic (exact) mass is 287 g/mol. The summed E-state index contributed by atoms with van der Waals surface area (Å²) >= 11 is 0. The van der Waals surface area contributed by atoms with Gasteiger partial charge in [0.15, 0.2) is 5.78 Å². The van der Waals surface area contributed by atoms with Crippen LogP contribution in [0.25, 0.3) is 0 Å². The van der Waals surface area contributed by atoms with Gasteiger partial charge in [0.05, 0.1) is 29.7 Å². The highest BCUT2D eigenvalue weighted by Crippen LogP contribution is 2.21. The molecule has 7 nitrogen and oxygen atoms in total. The van der Waals surface area contributed by atoms with Gasteiger partial charge in [0.2, 0.25) is 5.88 Å². The Balaban J connectivity index is 2.31. The van der Waals surface area contributed by atoms with E-state index >= 15 is 0 Å². The van der Waals surface area contributed by atoms with Crippen LogP contribution in [0.2, 0.25) is 0 Å². The number of aromatic nitrogens is 2. The summed E-state index contributed by atoms with van der Waals surface area (Å²) in [4.78, 5) is 30.5. The van der Waals surface area contributed by atoms with E-state index in [1.807, 2.05) is 0 Å². The Morgan fingerprint density at radius 1 is 1.33 bits per heavy atom. The van der Waals surface area contributed by atoms with Crippen LogP contribution in [0.5, 0.6) is 5.88 Å². The summed E-state index contributed by atoms with van der Waals surface area (Å²) in [6, 6.07) is 5.98. The Morgan fingerprint density at radius 2 is 2.10 bits per heavy atom. The Morgan fingerprint density at radius 3 is 2.76 bits per heavy atom. The van der Waals surface area contributed by atoms with Gasteiger partial charge in [-0.15, -0.1) is 0 Å². The Labute approximate surface area is 120 Å². The van der Waals surface area contributed by atoms with E-state index in [1.165, 1.54) is 31.6 Å². The smallest absolute Gasteiger partial charge is 0.280 e. The van der Waals surface area contributed by atoms with Gasteiger partial charge in [0.1, 0.15) is 6.33 Å². The molecule has 0 radical (unpaired) electrons. The van der Waals surface area contributed by atoms with E-state index < -0.39 is 4.92 Å². The second-order valence-corrected chi connectivity index (χ2v) is 4.43. The lowest BCUT2D eigenvalue weighted by Gasteiger charge is -2.04. The molecule has 0 unspecified atom stereocenters. The zero-order chi connectivity index (χ0) is 15.4. The summed E-state index contributed by atoms with van der Waals surface area (Å²) < 4.78 is 4.95. The first-order chi connectivity index (χ1) is 10.0. The fourth-order valence-corrected chi connectivity index (χ4v) is 1.88. The number of nitro groups is 1. The molecular weight excluding hydrogens is 274 g/mol. The van der Waals surface area contributed by atoms with Gasteiger partial charge in [-0.25, -0.2) is 9.97 Å². The van der Waals surface area contributed by atoms with E-state index in [0.717, 1.165) is 5.56 Å². The number of ketones is 1. The SMILES string of the molecule is COc1cc(CC(=O)c2cc(C)ccc2[N+](=O)[O-])ncn1. The lowest BCUT2D eigenvalue weighted by Crippen LogP contribution is -2.09. The van der Waals surface area contributed by atoms with Gasteiger partial charge in [-0.2, -0.15) is 0 Å². The van der Waals surface area contributed by atoms with Crippen LogP contribution in [0.1, 0.15) is 21.6 Å². The number of ether oxygens (including phenoxy) is 1. The Kier molecular flexibility index (Phi) is 4.22. The molecule has 0 N–H and O–H groups in total. The average Bonchev–Trinajstić information content (AvgIpc) is 2.47. The molecule has 108 valence electrons. The number of nitro benzene ring substituents is 1. The second kappa shape index (κ2) is 6.08. The molecule has 1 aromatic carbocycles. The molecule has 0 aliphatic carbocycles. The zero-order valence-corrected chi connectivity index (χ0v) is 11.6. The number of hydrogen-bond donors (Lipinski definition) is 0. The van der Waals surface area contributed by atoms with E-state index in [9.17, 15) is 14.9 Å². The Bertz CT molecular complexity index is 700. The zero-order valence-electron chi connectivity index (χ0n) is 11.6. The molecule has 21 heavy (non-hydrogen) atoms. The van der Waals surface area contributed by atoms with Gasteiger partial charge in [0.25, 0.3) is 5.69 Å². The van der Waals surface area contributed by atoms with Gasteiger partial charge in [-0.1, -0.05) is 6.07 Å². The van der Waals surface area contributed by atoms with Crippen molar-refractivity contribution in [2.45, 2.75) is 13.3 Å². The fraction of sp³-hybridized carbons (Fsp3) is 0.214. The van der Waals surface area contributed by atoms with Crippen molar-refractivity contribution in [1.29, 1.82) is 0 Å². The number of carbonyl (C=O) groups is 1. The van der Waals surface area contributed by atoms with Gasteiger partial charge in [0, 0.05) is 12.1 Å². The summed E-state index contributed by atoms with van der Waals surface area (Å²) in [7, 11) is 1.46. The lowest BCUT2D eigenvalue weighted by atomic mass is 10.0. The molecule has 1 aromatic heterocycles. The molecule has 0 atom stereocenters. The first-order valence-corrected chi connectivity index (χ1v) is 6.14. The minimum absolute atomic E-state index is 0.0524. The third-order valence-corrected chi connectivity index (χ3v) is 2.90. The number of hydrogen-bond acceptors (Lipinski definition) is 6. The summed E-state index contributed by atoms with van der Waals surface area (Å²) in [5.41, 5.74) is 1.11. The highest BCUT2D eigenvalue weighted by molar-refractivity contribution is 6.01. The van der Waals surface area contributed by atoms with Crippen molar-refractivity contribution in [3.8, 4) is 5.88 Å². The Hall–Kier alpha value is -2.83. The van der Waals surface area contributed by atoms with Gasteiger partial charge >= 0.3 is 0 Å². The molecule has 0 saturated carbocycles. The number of carbonyl (C=O) groups excluding carboxylic acids is 1. The summed E-state index contributed by atoms with van der Waals surface area (Å²) in [6.07, 6.45) is 1.23. The molecule has 7 heteroatoms. The van der Waals surface area contributed by atoms with Gasteiger partial charge in [-0.05, 0) is 18.6 Å². The quantitative estimate of drug-likeness (QED) is 0.475. The van der Waals surface area contributed by atoms with Crippen LogP contribution in [0, 0.1) is 17.0 Å². The largest absolute Gasteiger partial charge is 0.481 e. The van der Waals surface area contributed by atoms with Crippen molar-refractivity contribution in [1.82, 2.24) is 9.97 Å². The van der Waals surface area contributed by atoms with E-state index in [2.05, 4.69) is 9.97 Å². The summed E-state index contributed by atoms with van der Waals surface area (Å²) in [5, 5.41) is 11.0. The minimum atomic E-state index is -0.562. The van der Waals surface area contributed by atoms with Crippen molar-refractivity contribution < 1.29 is 14.5 Å².